The van der Waals surface area contributed by atoms with E-state index in [-0.39, 0.29) is 30.0 Å². The van der Waals surface area contributed by atoms with E-state index in [0.29, 0.717) is 5.75 Å². The van der Waals surface area contributed by atoms with Crippen molar-refractivity contribution in [3.63, 3.8) is 0 Å². The van der Waals surface area contributed by atoms with Gasteiger partial charge in [-0.25, -0.2) is 13.1 Å². The first-order chi connectivity index (χ1) is 14.0. The standard InChI is InChI=1S/C22H28N2O4S/c25-22(24-19-10-6-1-2-7-11-19)17-28-20-12-14-21(15-13-20)29(26,27)23-16-18-8-4-3-5-9-18/h3-5,8-9,12-15,19,23H,1-2,6-7,10-11,16-17H2,(H,24,25). The minimum atomic E-state index is -3.61. The molecule has 2 aromatic rings. The molecule has 0 heterocycles. The van der Waals surface area contributed by atoms with E-state index in [1.807, 2.05) is 30.3 Å². The Morgan fingerprint density at radius 3 is 2.24 bits per heavy atom. The molecule has 1 amide bonds. The fourth-order valence-corrected chi connectivity index (χ4v) is 4.43. The first-order valence-corrected chi connectivity index (χ1v) is 11.6. The van der Waals surface area contributed by atoms with Crippen LogP contribution >= 0.6 is 0 Å². The summed E-state index contributed by atoms with van der Waals surface area (Å²) in [6.45, 7) is 0.150. The summed E-state index contributed by atoms with van der Waals surface area (Å²) in [6, 6.07) is 15.6. The van der Waals surface area contributed by atoms with Crippen molar-refractivity contribution in [1.82, 2.24) is 10.0 Å². The van der Waals surface area contributed by atoms with E-state index in [2.05, 4.69) is 10.0 Å². The molecule has 3 rings (SSSR count). The number of hydrogen-bond donors (Lipinski definition) is 2. The van der Waals surface area contributed by atoms with Gasteiger partial charge in [-0.2, -0.15) is 0 Å². The molecule has 7 heteroatoms. The second kappa shape index (κ2) is 10.4. The molecule has 2 aromatic carbocycles. The highest BCUT2D eigenvalue weighted by molar-refractivity contribution is 7.89. The van der Waals surface area contributed by atoms with Crippen molar-refractivity contribution in [2.24, 2.45) is 0 Å². The Labute approximate surface area is 172 Å². The fourth-order valence-electron chi connectivity index (χ4n) is 3.41. The minimum Gasteiger partial charge on any atom is -0.484 e. The van der Waals surface area contributed by atoms with Gasteiger partial charge in [-0.3, -0.25) is 4.79 Å². The zero-order chi connectivity index (χ0) is 20.5. The molecule has 0 atom stereocenters. The highest BCUT2D eigenvalue weighted by Crippen LogP contribution is 2.18. The average Bonchev–Trinajstić information content (AvgIpc) is 3.00. The summed E-state index contributed by atoms with van der Waals surface area (Å²) in [6.07, 6.45) is 6.82. The van der Waals surface area contributed by atoms with Crippen LogP contribution in [0.5, 0.6) is 5.75 Å². The van der Waals surface area contributed by atoms with Crippen LogP contribution in [-0.4, -0.2) is 27.0 Å². The zero-order valence-electron chi connectivity index (χ0n) is 16.5. The van der Waals surface area contributed by atoms with Gasteiger partial charge in [-0.05, 0) is 42.7 Å². The molecule has 0 bridgehead atoms. The van der Waals surface area contributed by atoms with E-state index in [9.17, 15) is 13.2 Å². The summed E-state index contributed by atoms with van der Waals surface area (Å²) >= 11 is 0. The first-order valence-electron chi connectivity index (χ1n) is 10.1. The highest BCUT2D eigenvalue weighted by Gasteiger charge is 2.16. The number of carbonyl (C=O) groups excluding carboxylic acids is 1. The molecule has 0 spiro atoms. The van der Waals surface area contributed by atoms with E-state index >= 15 is 0 Å². The lowest BCUT2D eigenvalue weighted by Crippen LogP contribution is -2.37. The third kappa shape index (κ3) is 6.87. The Balaban J connectivity index is 1.48. The summed E-state index contributed by atoms with van der Waals surface area (Å²) in [5.74, 6) is 0.321. The highest BCUT2D eigenvalue weighted by atomic mass is 32.2. The molecule has 6 nitrogen and oxygen atoms in total. The van der Waals surface area contributed by atoms with Crippen LogP contribution in [0.4, 0.5) is 0 Å². The van der Waals surface area contributed by atoms with Crippen LogP contribution in [0.2, 0.25) is 0 Å². The second-order valence-corrected chi connectivity index (χ2v) is 9.09. The molecule has 1 aliphatic rings. The normalized spacial score (nSPS) is 15.4. The molecule has 0 radical (unpaired) electrons. The Bertz CT molecular complexity index is 875. The smallest absolute Gasteiger partial charge is 0.258 e. The van der Waals surface area contributed by atoms with Gasteiger partial charge < -0.3 is 10.1 Å². The van der Waals surface area contributed by atoms with Gasteiger partial charge >= 0.3 is 0 Å². The number of sulfonamides is 1. The third-order valence-corrected chi connectivity index (χ3v) is 6.45. The van der Waals surface area contributed by atoms with Crippen LogP contribution in [0.3, 0.4) is 0 Å². The molecule has 1 aliphatic carbocycles. The summed E-state index contributed by atoms with van der Waals surface area (Å²) in [5, 5.41) is 3.03. The Morgan fingerprint density at radius 1 is 0.931 bits per heavy atom. The van der Waals surface area contributed by atoms with E-state index in [0.717, 1.165) is 31.2 Å². The van der Waals surface area contributed by atoms with Crippen molar-refractivity contribution >= 4 is 15.9 Å². The van der Waals surface area contributed by atoms with E-state index in [4.69, 9.17) is 4.74 Å². The molecule has 29 heavy (non-hydrogen) atoms. The van der Waals surface area contributed by atoms with Crippen LogP contribution < -0.4 is 14.8 Å². The van der Waals surface area contributed by atoms with Gasteiger partial charge in [0.25, 0.3) is 5.91 Å². The number of hydrogen-bond acceptors (Lipinski definition) is 4. The predicted molar refractivity (Wildman–Crippen MR) is 112 cm³/mol. The molecular formula is C22H28N2O4S. The molecule has 0 unspecified atom stereocenters. The first kappa shape index (κ1) is 21.3. The second-order valence-electron chi connectivity index (χ2n) is 7.33. The van der Waals surface area contributed by atoms with Crippen LogP contribution in [-0.2, 0) is 21.4 Å². The molecular weight excluding hydrogens is 388 g/mol. The molecule has 1 saturated carbocycles. The predicted octanol–water partition coefficient (Wildman–Crippen LogP) is 3.38. The van der Waals surface area contributed by atoms with Gasteiger partial charge in [0.15, 0.2) is 6.61 Å². The zero-order valence-corrected chi connectivity index (χ0v) is 17.3. The summed E-state index contributed by atoms with van der Waals surface area (Å²) < 4.78 is 32.9. The monoisotopic (exact) mass is 416 g/mol. The van der Waals surface area contributed by atoms with Gasteiger partial charge in [0.1, 0.15) is 5.75 Å². The quantitative estimate of drug-likeness (QED) is 0.646. The number of carbonyl (C=O) groups is 1. The maximum absolute atomic E-state index is 12.4. The van der Waals surface area contributed by atoms with Crippen molar-refractivity contribution in [2.75, 3.05) is 6.61 Å². The van der Waals surface area contributed by atoms with Crippen molar-refractivity contribution in [2.45, 2.75) is 56.0 Å². The lowest BCUT2D eigenvalue weighted by atomic mass is 10.1. The van der Waals surface area contributed by atoms with Crippen molar-refractivity contribution < 1.29 is 17.9 Å². The molecule has 0 aliphatic heterocycles. The maximum atomic E-state index is 12.4. The fraction of sp³-hybridized carbons (Fsp3) is 0.409. The van der Waals surface area contributed by atoms with Crippen molar-refractivity contribution in [3.05, 3.63) is 60.2 Å². The van der Waals surface area contributed by atoms with Crippen LogP contribution in [0.15, 0.2) is 59.5 Å². The van der Waals surface area contributed by atoms with Crippen LogP contribution in [0, 0.1) is 0 Å². The van der Waals surface area contributed by atoms with Crippen LogP contribution in [0.25, 0.3) is 0 Å². The Morgan fingerprint density at radius 2 is 1.59 bits per heavy atom. The van der Waals surface area contributed by atoms with Gasteiger partial charge in [0, 0.05) is 12.6 Å². The SMILES string of the molecule is O=C(COc1ccc(S(=O)(=O)NCc2ccccc2)cc1)NC1CCCCCC1. The number of amides is 1. The van der Waals surface area contributed by atoms with Crippen LogP contribution in [0.1, 0.15) is 44.1 Å². The molecule has 2 N–H and O–H groups in total. The van der Waals surface area contributed by atoms with Gasteiger partial charge in [-0.15, -0.1) is 0 Å². The van der Waals surface area contributed by atoms with Crippen molar-refractivity contribution in [3.8, 4) is 5.75 Å². The molecule has 1 fully saturated rings. The number of nitrogens with one attached hydrogen (secondary N) is 2. The number of ether oxygens (including phenoxy) is 1. The summed E-state index contributed by atoms with van der Waals surface area (Å²) in [7, 11) is -3.61. The minimum absolute atomic E-state index is 0.0745. The Hall–Kier alpha value is -2.38. The lowest BCUT2D eigenvalue weighted by molar-refractivity contribution is -0.123. The molecule has 0 aromatic heterocycles. The largest absolute Gasteiger partial charge is 0.484 e. The molecule has 156 valence electrons. The van der Waals surface area contributed by atoms with E-state index in [1.165, 1.54) is 25.0 Å². The number of rotatable bonds is 8. The third-order valence-electron chi connectivity index (χ3n) is 5.03. The van der Waals surface area contributed by atoms with Gasteiger partial charge in [-0.1, -0.05) is 56.0 Å². The number of benzene rings is 2. The van der Waals surface area contributed by atoms with E-state index < -0.39 is 10.0 Å². The average molecular weight is 417 g/mol. The Kier molecular flexibility index (Phi) is 7.66. The summed E-state index contributed by atoms with van der Waals surface area (Å²) in [4.78, 5) is 12.3. The topological polar surface area (TPSA) is 84.5 Å². The van der Waals surface area contributed by atoms with Gasteiger partial charge in [0.2, 0.25) is 10.0 Å². The maximum Gasteiger partial charge on any atom is 0.258 e. The van der Waals surface area contributed by atoms with Gasteiger partial charge in [0.05, 0.1) is 4.90 Å². The lowest BCUT2D eigenvalue weighted by Gasteiger charge is -2.16. The van der Waals surface area contributed by atoms with E-state index in [1.54, 1.807) is 12.1 Å². The molecule has 0 saturated heterocycles. The summed E-state index contributed by atoms with van der Waals surface area (Å²) in [5.41, 5.74) is 0.885. The van der Waals surface area contributed by atoms with Crippen molar-refractivity contribution in [1.29, 1.82) is 0 Å².